The van der Waals surface area contributed by atoms with E-state index >= 15 is 0 Å². The molecule has 4 rings (SSSR count). The Morgan fingerprint density at radius 3 is 1.62 bits per heavy atom. The number of hydrogen-bond donors (Lipinski definition) is 4. The van der Waals surface area contributed by atoms with Crippen molar-refractivity contribution in [2.75, 3.05) is 0 Å². The van der Waals surface area contributed by atoms with Crippen molar-refractivity contribution in [2.24, 2.45) is 11.5 Å². The molecule has 0 saturated carbocycles. The average Bonchev–Trinajstić information content (AvgIpc) is 3.32. The van der Waals surface area contributed by atoms with Gasteiger partial charge in [0.05, 0.1) is 0 Å². The summed E-state index contributed by atoms with van der Waals surface area (Å²) in [5.74, 6) is -1.57. The molecule has 0 bridgehead atoms. The number of ether oxygens (including phenoxy) is 1. The molecule has 0 aliphatic heterocycles. The highest BCUT2D eigenvalue weighted by molar-refractivity contribution is 5.92. The number of aromatic nitrogens is 2. The normalized spacial score (nSPS) is 13.4. The van der Waals surface area contributed by atoms with E-state index in [4.69, 9.17) is 16.2 Å². The number of nitrogens with two attached hydrogens (primary N) is 2. The highest BCUT2D eigenvalue weighted by Crippen LogP contribution is 2.20. The molecule has 0 aliphatic rings. The quantitative estimate of drug-likeness (QED) is 0.296. The van der Waals surface area contributed by atoms with Crippen LogP contribution in [-0.4, -0.2) is 34.0 Å². The van der Waals surface area contributed by atoms with Gasteiger partial charge in [0.2, 0.25) is 0 Å². The minimum atomic E-state index is -0.960. The van der Waals surface area contributed by atoms with Crippen LogP contribution in [0.3, 0.4) is 0 Å². The van der Waals surface area contributed by atoms with Crippen LogP contribution in [0.25, 0.3) is 21.8 Å². The molecule has 7 nitrogen and oxygen atoms in total. The van der Waals surface area contributed by atoms with Crippen molar-refractivity contribution in [1.29, 1.82) is 0 Å². The van der Waals surface area contributed by atoms with Crippen molar-refractivity contribution in [3.05, 3.63) is 72.1 Å². The molecule has 0 saturated heterocycles. The predicted molar refractivity (Wildman–Crippen MR) is 111 cm³/mol. The fourth-order valence-corrected chi connectivity index (χ4v) is 3.49. The Balaban J connectivity index is 1.37. The summed E-state index contributed by atoms with van der Waals surface area (Å²) in [6, 6.07) is 13.5. The molecule has 7 heteroatoms. The standard InChI is InChI=1S/C22H22N4O3/c23-17(9-13-11-25-19-7-3-1-5-15(13)19)21(27)29-22(28)18(24)10-14-12-26-20-8-4-2-6-16(14)20/h1-8,11-12,17-18,25-26H,9-10,23-24H2/t17-,18?/m0/s1. The topological polar surface area (TPSA) is 127 Å². The summed E-state index contributed by atoms with van der Waals surface area (Å²) in [6.45, 7) is 0. The number of H-pyrrole nitrogens is 2. The van der Waals surface area contributed by atoms with Crippen LogP contribution in [0, 0.1) is 0 Å². The third-order valence-electron chi connectivity index (χ3n) is 5.04. The van der Waals surface area contributed by atoms with E-state index in [1.54, 1.807) is 0 Å². The average molecular weight is 390 g/mol. The third-order valence-corrected chi connectivity index (χ3v) is 5.04. The Labute approximate surface area is 167 Å². The molecule has 0 radical (unpaired) electrons. The monoisotopic (exact) mass is 390 g/mol. The van der Waals surface area contributed by atoms with Gasteiger partial charge in [0.1, 0.15) is 12.1 Å². The van der Waals surface area contributed by atoms with Gasteiger partial charge in [0.15, 0.2) is 0 Å². The smallest absolute Gasteiger partial charge is 0.330 e. The first kappa shape index (κ1) is 18.9. The highest BCUT2D eigenvalue weighted by Gasteiger charge is 2.25. The molecule has 6 N–H and O–H groups in total. The van der Waals surface area contributed by atoms with Gasteiger partial charge in [-0.05, 0) is 23.3 Å². The summed E-state index contributed by atoms with van der Waals surface area (Å²) in [5.41, 5.74) is 15.6. The number of benzene rings is 2. The van der Waals surface area contributed by atoms with E-state index in [1.807, 2.05) is 60.9 Å². The van der Waals surface area contributed by atoms with Gasteiger partial charge < -0.3 is 26.2 Å². The van der Waals surface area contributed by atoms with Crippen LogP contribution in [0.1, 0.15) is 11.1 Å². The molecule has 0 fully saturated rings. The van der Waals surface area contributed by atoms with Crippen LogP contribution < -0.4 is 11.5 Å². The van der Waals surface area contributed by atoms with Crippen molar-refractivity contribution in [2.45, 2.75) is 24.9 Å². The van der Waals surface area contributed by atoms with Crippen molar-refractivity contribution < 1.29 is 14.3 Å². The zero-order valence-electron chi connectivity index (χ0n) is 15.7. The zero-order valence-corrected chi connectivity index (χ0v) is 15.7. The summed E-state index contributed by atoms with van der Waals surface area (Å²) in [6.07, 6.45) is 4.13. The second kappa shape index (κ2) is 7.90. The molecule has 0 amide bonds. The lowest BCUT2D eigenvalue weighted by Crippen LogP contribution is -2.41. The lowest BCUT2D eigenvalue weighted by Gasteiger charge is -2.13. The van der Waals surface area contributed by atoms with Crippen LogP contribution in [-0.2, 0) is 27.2 Å². The van der Waals surface area contributed by atoms with E-state index in [1.165, 1.54) is 0 Å². The van der Waals surface area contributed by atoms with Gasteiger partial charge in [-0.15, -0.1) is 0 Å². The number of aromatic amines is 2. The van der Waals surface area contributed by atoms with E-state index in [2.05, 4.69) is 9.97 Å². The van der Waals surface area contributed by atoms with Gasteiger partial charge in [-0.3, -0.25) is 0 Å². The maximum atomic E-state index is 12.3. The fourth-order valence-electron chi connectivity index (χ4n) is 3.49. The van der Waals surface area contributed by atoms with Gasteiger partial charge in [0.25, 0.3) is 0 Å². The van der Waals surface area contributed by atoms with Crippen molar-refractivity contribution in [1.82, 2.24) is 9.97 Å². The summed E-state index contributed by atoms with van der Waals surface area (Å²) in [5, 5.41) is 1.97. The first-order valence-corrected chi connectivity index (χ1v) is 9.39. The second-order valence-electron chi connectivity index (χ2n) is 7.08. The SMILES string of the molecule is NC(Cc1c[nH]c2ccccc12)C(=O)OC(=O)[C@@H](N)Cc1c[nH]c2ccccc12. The number of carbonyl (C=O) groups excluding carboxylic acids is 2. The molecule has 2 heterocycles. The lowest BCUT2D eigenvalue weighted by molar-refractivity contribution is -0.161. The summed E-state index contributed by atoms with van der Waals surface area (Å²) >= 11 is 0. The molecule has 0 aliphatic carbocycles. The summed E-state index contributed by atoms with van der Waals surface area (Å²) < 4.78 is 4.95. The van der Waals surface area contributed by atoms with E-state index in [-0.39, 0.29) is 12.8 Å². The fraction of sp³-hybridized carbons (Fsp3) is 0.182. The van der Waals surface area contributed by atoms with Crippen molar-refractivity contribution in [3.8, 4) is 0 Å². The molecule has 29 heavy (non-hydrogen) atoms. The first-order valence-electron chi connectivity index (χ1n) is 9.39. The maximum absolute atomic E-state index is 12.3. The molecular formula is C22H22N4O3. The van der Waals surface area contributed by atoms with Crippen LogP contribution >= 0.6 is 0 Å². The number of hydrogen-bond acceptors (Lipinski definition) is 5. The van der Waals surface area contributed by atoms with Crippen LogP contribution in [0.4, 0.5) is 0 Å². The van der Waals surface area contributed by atoms with E-state index in [0.29, 0.717) is 0 Å². The largest absolute Gasteiger partial charge is 0.391 e. The minimum Gasteiger partial charge on any atom is -0.391 e. The predicted octanol–water partition coefficient (Wildman–Crippen LogP) is 2.16. The number of fused-ring (bicyclic) bond motifs is 2. The summed E-state index contributed by atoms with van der Waals surface area (Å²) in [7, 11) is 0. The van der Waals surface area contributed by atoms with Crippen LogP contribution in [0.15, 0.2) is 60.9 Å². The Morgan fingerprint density at radius 2 is 1.17 bits per heavy atom. The Hall–Kier alpha value is -3.42. The molecule has 0 spiro atoms. The number of nitrogens with one attached hydrogen (secondary N) is 2. The maximum Gasteiger partial charge on any atom is 0.330 e. The number of rotatable bonds is 6. The van der Waals surface area contributed by atoms with Gasteiger partial charge in [-0.25, -0.2) is 9.59 Å². The third kappa shape index (κ3) is 3.91. The van der Waals surface area contributed by atoms with Crippen molar-refractivity contribution in [3.63, 3.8) is 0 Å². The molecular weight excluding hydrogens is 368 g/mol. The van der Waals surface area contributed by atoms with Gasteiger partial charge in [0, 0.05) is 47.0 Å². The number of carbonyl (C=O) groups is 2. The zero-order chi connectivity index (χ0) is 20.4. The second-order valence-corrected chi connectivity index (χ2v) is 7.08. The highest BCUT2D eigenvalue weighted by atomic mass is 16.6. The Kier molecular flexibility index (Phi) is 5.16. The van der Waals surface area contributed by atoms with Crippen LogP contribution in [0.2, 0.25) is 0 Å². The van der Waals surface area contributed by atoms with Crippen LogP contribution in [0.5, 0.6) is 0 Å². The van der Waals surface area contributed by atoms with E-state index < -0.39 is 24.0 Å². The van der Waals surface area contributed by atoms with E-state index in [9.17, 15) is 9.59 Å². The minimum absolute atomic E-state index is 0.258. The first-order chi connectivity index (χ1) is 14.0. The molecule has 2 aromatic carbocycles. The molecule has 148 valence electrons. The number of para-hydroxylation sites is 2. The van der Waals surface area contributed by atoms with Gasteiger partial charge in [-0.1, -0.05) is 36.4 Å². The molecule has 2 aromatic heterocycles. The Bertz CT molecular complexity index is 1080. The molecule has 4 aromatic rings. The van der Waals surface area contributed by atoms with Gasteiger partial charge in [-0.2, -0.15) is 0 Å². The van der Waals surface area contributed by atoms with Gasteiger partial charge >= 0.3 is 11.9 Å². The van der Waals surface area contributed by atoms with E-state index in [0.717, 1.165) is 32.9 Å². The van der Waals surface area contributed by atoms with Crippen molar-refractivity contribution >= 4 is 33.7 Å². The molecule has 1 unspecified atom stereocenters. The summed E-state index contributed by atoms with van der Waals surface area (Å²) in [4.78, 5) is 30.9. The number of esters is 2. The molecule has 2 atom stereocenters. The Morgan fingerprint density at radius 1 is 0.759 bits per heavy atom. The lowest BCUT2D eigenvalue weighted by atomic mass is 10.0.